The van der Waals surface area contributed by atoms with E-state index in [2.05, 4.69) is 17.5 Å². The topological polar surface area (TPSA) is 20.3 Å². The summed E-state index contributed by atoms with van der Waals surface area (Å²) >= 11 is 10.7. The van der Waals surface area contributed by atoms with Crippen molar-refractivity contribution in [1.82, 2.24) is 4.90 Å². The Labute approximate surface area is 119 Å². The molecule has 1 unspecified atom stereocenters. The molecule has 1 heterocycles. The SMILES string of the molecule is CC(=O)c1ccc(Cl)c(C2CCCCN2CS)c1. The maximum Gasteiger partial charge on any atom is 0.159 e. The van der Waals surface area contributed by atoms with Crippen LogP contribution in [0.2, 0.25) is 5.02 Å². The van der Waals surface area contributed by atoms with Crippen LogP contribution in [0.4, 0.5) is 0 Å². The number of hydrogen-bond donors (Lipinski definition) is 1. The highest BCUT2D eigenvalue weighted by Gasteiger charge is 2.25. The molecule has 0 aliphatic carbocycles. The van der Waals surface area contributed by atoms with Gasteiger partial charge in [0.15, 0.2) is 5.78 Å². The van der Waals surface area contributed by atoms with Crippen LogP contribution in [0.15, 0.2) is 18.2 Å². The second-order valence-corrected chi connectivity index (χ2v) is 5.45. The van der Waals surface area contributed by atoms with E-state index in [0.717, 1.165) is 35.0 Å². The first-order valence-corrected chi connectivity index (χ1v) is 7.30. The van der Waals surface area contributed by atoms with Crippen molar-refractivity contribution in [2.24, 2.45) is 0 Å². The van der Waals surface area contributed by atoms with Gasteiger partial charge < -0.3 is 0 Å². The molecule has 1 aromatic rings. The molecular formula is C14H18ClNOS. The van der Waals surface area contributed by atoms with E-state index in [4.69, 9.17) is 11.6 Å². The predicted molar refractivity (Wildman–Crippen MR) is 78.6 cm³/mol. The minimum absolute atomic E-state index is 0.0844. The molecule has 1 atom stereocenters. The Balaban J connectivity index is 2.35. The van der Waals surface area contributed by atoms with Crippen LogP contribution in [-0.2, 0) is 0 Å². The Bertz CT molecular complexity index is 449. The largest absolute Gasteiger partial charge is 0.295 e. The van der Waals surface area contributed by atoms with Gasteiger partial charge in [-0.25, -0.2) is 0 Å². The third kappa shape index (κ3) is 2.90. The number of nitrogens with zero attached hydrogens (tertiary/aromatic N) is 1. The van der Waals surface area contributed by atoms with E-state index < -0.39 is 0 Å². The molecule has 0 radical (unpaired) electrons. The monoisotopic (exact) mass is 283 g/mol. The second kappa shape index (κ2) is 6.09. The molecule has 2 rings (SSSR count). The van der Waals surface area contributed by atoms with Gasteiger partial charge in [0.2, 0.25) is 0 Å². The fourth-order valence-electron chi connectivity index (χ4n) is 2.53. The fraction of sp³-hybridized carbons (Fsp3) is 0.500. The molecule has 0 aromatic heterocycles. The van der Waals surface area contributed by atoms with E-state index in [-0.39, 0.29) is 5.78 Å². The molecule has 2 nitrogen and oxygen atoms in total. The molecule has 0 saturated carbocycles. The first-order valence-electron chi connectivity index (χ1n) is 6.28. The highest BCUT2D eigenvalue weighted by molar-refractivity contribution is 7.80. The zero-order valence-corrected chi connectivity index (χ0v) is 12.2. The van der Waals surface area contributed by atoms with Crippen LogP contribution in [0.25, 0.3) is 0 Å². The third-order valence-electron chi connectivity index (χ3n) is 3.56. The number of ketones is 1. The Hall–Kier alpha value is -0.510. The lowest BCUT2D eigenvalue weighted by Crippen LogP contribution is -2.32. The van der Waals surface area contributed by atoms with Gasteiger partial charge in [0.25, 0.3) is 0 Å². The molecular weight excluding hydrogens is 266 g/mol. The molecule has 1 aliphatic heterocycles. The Kier molecular flexibility index (Phi) is 4.71. The summed E-state index contributed by atoms with van der Waals surface area (Å²) < 4.78 is 0. The average molecular weight is 284 g/mol. The summed E-state index contributed by atoms with van der Waals surface area (Å²) in [5.41, 5.74) is 1.80. The van der Waals surface area contributed by atoms with E-state index >= 15 is 0 Å². The number of thiol groups is 1. The molecule has 0 spiro atoms. The molecule has 4 heteroatoms. The van der Waals surface area contributed by atoms with Crippen LogP contribution in [-0.4, -0.2) is 23.1 Å². The molecule has 0 N–H and O–H groups in total. The summed E-state index contributed by atoms with van der Waals surface area (Å²) in [6.45, 7) is 2.64. The first-order chi connectivity index (χ1) is 8.63. The van der Waals surface area contributed by atoms with Gasteiger partial charge in [-0.15, -0.1) is 0 Å². The molecule has 98 valence electrons. The van der Waals surface area contributed by atoms with E-state index in [1.54, 1.807) is 13.0 Å². The highest BCUT2D eigenvalue weighted by Crippen LogP contribution is 2.35. The van der Waals surface area contributed by atoms with E-state index in [1.807, 2.05) is 12.1 Å². The van der Waals surface area contributed by atoms with Crippen molar-refractivity contribution in [1.29, 1.82) is 0 Å². The predicted octanol–water partition coefficient (Wildman–Crippen LogP) is 3.96. The van der Waals surface area contributed by atoms with Crippen LogP contribution in [0, 0.1) is 0 Å². The van der Waals surface area contributed by atoms with E-state index in [0.29, 0.717) is 6.04 Å². The van der Waals surface area contributed by atoms with Crippen molar-refractivity contribution in [2.75, 3.05) is 12.4 Å². The van der Waals surface area contributed by atoms with Crippen molar-refractivity contribution < 1.29 is 4.79 Å². The van der Waals surface area contributed by atoms with Crippen molar-refractivity contribution in [3.05, 3.63) is 34.3 Å². The summed E-state index contributed by atoms with van der Waals surface area (Å²) in [6, 6.07) is 5.86. The number of halogens is 1. The van der Waals surface area contributed by atoms with Crippen LogP contribution < -0.4 is 0 Å². The molecule has 1 fully saturated rings. The Morgan fingerprint density at radius 2 is 2.28 bits per heavy atom. The third-order valence-corrected chi connectivity index (χ3v) is 4.26. The zero-order chi connectivity index (χ0) is 13.1. The van der Waals surface area contributed by atoms with Gasteiger partial charge in [-0.1, -0.05) is 18.0 Å². The summed E-state index contributed by atoms with van der Waals surface area (Å²) in [5.74, 6) is 0.812. The standard InChI is InChI=1S/C14H18ClNOS/c1-10(17)11-5-6-13(15)12(8-11)14-4-2-3-7-16(14)9-18/h5-6,8,14,18H,2-4,7,9H2,1H3. The lowest BCUT2D eigenvalue weighted by molar-refractivity contribution is 0.101. The van der Waals surface area contributed by atoms with E-state index in [9.17, 15) is 4.79 Å². The van der Waals surface area contributed by atoms with Crippen molar-refractivity contribution in [3.63, 3.8) is 0 Å². The minimum Gasteiger partial charge on any atom is -0.295 e. The number of Topliss-reactive ketones (excluding diaryl/α,β-unsaturated/α-hetero) is 1. The van der Waals surface area contributed by atoms with Crippen molar-refractivity contribution >= 4 is 30.0 Å². The maximum atomic E-state index is 11.5. The van der Waals surface area contributed by atoms with Crippen LogP contribution in [0.3, 0.4) is 0 Å². The molecule has 0 bridgehead atoms. The van der Waals surface area contributed by atoms with Gasteiger partial charge in [-0.2, -0.15) is 12.6 Å². The Morgan fingerprint density at radius 3 is 2.94 bits per heavy atom. The van der Waals surface area contributed by atoms with E-state index in [1.165, 1.54) is 12.8 Å². The number of hydrogen-bond acceptors (Lipinski definition) is 3. The summed E-state index contributed by atoms with van der Waals surface area (Å²) in [4.78, 5) is 13.8. The van der Waals surface area contributed by atoms with Gasteiger partial charge in [0.1, 0.15) is 0 Å². The average Bonchev–Trinajstić information content (AvgIpc) is 2.39. The summed E-state index contributed by atoms with van der Waals surface area (Å²) in [6.07, 6.45) is 3.50. The number of benzene rings is 1. The van der Waals surface area contributed by atoms with Gasteiger partial charge in [0.05, 0.1) is 0 Å². The molecule has 0 amide bonds. The molecule has 1 aromatic carbocycles. The maximum absolute atomic E-state index is 11.5. The normalized spacial score (nSPS) is 20.9. The van der Waals surface area contributed by atoms with Crippen LogP contribution >= 0.6 is 24.2 Å². The lowest BCUT2D eigenvalue weighted by Gasteiger charge is -2.35. The van der Waals surface area contributed by atoms with Gasteiger partial charge in [0, 0.05) is 22.5 Å². The molecule has 1 saturated heterocycles. The number of likely N-dealkylation sites (tertiary alicyclic amines) is 1. The minimum atomic E-state index is 0.0844. The zero-order valence-electron chi connectivity index (χ0n) is 10.5. The van der Waals surface area contributed by atoms with Crippen LogP contribution in [0.5, 0.6) is 0 Å². The Morgan fingerprint density at radius 1 is 1.50 bits per heavy atom. The quantitative estimate of drug-likeness (QED) is 0.669. The smallest absolute Gasteiger partial charge is 0.159 e. The second-order valence-electron chi connectivity index (χ2n) is 4.76. The summed E-state index contributed by atoms with van der Waals surface area (Å²) in [5, 5.41) is 0.749. The fourth-order valence-corrected chi connectivity index (χ4v) is 3.11. The number of carbonyl (C=O) groups is 1. The van der Waals surface area contributed by atoms with Gasteiger partial charge in [-0.3, -0.25) is 9.69 Å². The highest BCUT2D eigenvalue weighted by atomic mass is 35.5. The molecule has 1 aliphatic rings. The first kappa shape index (κ1) is 13.9. The van der Waals surface area contributed by atoms with Gasteiger partial charge >= 0.3 is 0 Å². The number of piperidine rings is 1. The van der Waals surface area contributed by atoms with Crippen molar-refractivity contribution in [3.8, 4) is 0 Å². The molecule has 18 heavy (non-hydrogen) atoms. The van der Waals surface area contributed by atoms with Crippen LogP contribution in [0.1, 0.15) is 48.1 Å². The van der Waals surface area contributed by atoms with Gasteiger partial charge in [-0.05, 0) is 50.1 Å². The van der Waals surface area contributed by atoms with Crippen molar-refractivity contribution in [2.45, 2.75) is 32.2 Å². The lowest BCUT2D eigenvalue weighted by atomic mass is 9.94. The number of rotatable bonds is 3. The number of carbonyl (C=O) groups excluding carboxylic acids is 1. The summed E-state index contributed by atoms with van der Waals surface area (Å²) in [7, 11) is 0.